The summed E-state index contributed by atoms with van der Waals surface area (Å²) in [4.78, 5) is 12.8. The van der Waals surface area contributed by atoms with Gasteiger partial charge in [-0.3, -0.25) is 0 Å². The molecule has 0 radical (unpaired) electrons. The van der Waals surface area contributed by atoms with Crippen molar-refractivity contribution in [2.45, 2.75) is 26.8 Å². The molecule has 0 fully saturated rings. The van der Waals surface area contributed by atoms with E-state index in [1.165, 1.54) is 6.33 Å². The van der Waals surface area contributed by atoms with E-state index in [1.54, 1.807) is 0 Å². The van der Waals surface area contributed by atoms with Gasteiger partial charge >= 0.3 is 0 Å². The van der Waals surface area contributed by atoms with Crippen molar-refractivity contribution in [3.8, 4) is 0 Å². The molecule has 96 valence electrons. The lowest BCUT2D eigenvalue weighted by atomic mass is 10.2. The zero-order valence-electron chi connectivity index (χ0n) is 11.2. The van der Waals surface area contributed by atoms with Crippen molar-refractivity contribution >= 4 is 17.4 Å². The van der Waals surface area contributed by atoms with Gasteiger partial charge in [-0.2, -0.15) is 0 Å². The molecule has 0 aliphatic rings. The van der Waals surface area contributed by atoms with Gasteiger partial charge in [0.1, 0.15) is 17.3 Å². The number of anilines is 1. The first-order valence-corrected chi connectivity index (χ1v) is 6.23. The van der Waals surface area contributed by atoms with Crippen LogP contribution in [-0.4, -0.2) is 48.1 Å². The highest BCUT2D eigenvalue weighted by atomic mass is 35.5. The monoisotopic (exact) mass is 256 g/mol. The van der Waals surface area contributed by atoms with Crippen LogP contribution in [0.5, 0.6) is 0 Å². The molecule has 5 heteroatoms. The zero-order valence-corrected chi connectivity index (χ0v) is 12.0. The van der Waals surface area contributed by atoms with Crippen LogP contribution in [-0.2, 0) is 0 Å². The average Bonchev–Trinajstić information content (AvgIpc) is 2.24. The fourth-order valence-corrected chi connectivity index (χ4v) is 2.14. The Morgan fingerprint density at radius 1 is 1.35 bits per heavy atom. The first-order valence-electron chi connectivity index (χ1n) is 5.85. The molecule has 1 aromatic heterocycles. The summed E-state index contributed by atoms with van der Waals surface area (Å²) in [7, 11) is 4.15. The molecular weight excluding hydrogens is 236 g/mol. The average molecular weight is 257 g/mol. The number of hydrogen-bond donors (Lipinski definition) is 0. The lowest BCUT2D eigenvalue weighted by Gasteiger charge is -2.32. The van der Waals surface area contributed by atoms with Gasteiger partial charge in [-0.05, 0) is 34.9 Å². The maximum Gasteiger partial charge on any atom is 0.137 e. The minimum atomic E-state index is 0.389. The van der Waals surface area contributed by atoms with E-state index in [0.717, 1.165) is 24.5 Å². The Morgan fingerprint density at radius 3 is 2.53 bits per heavy atom. The van der Waals surface area contributed by atoms with E-state index in [1.807, 2.05) is 6.92 Å². The highest BCUT2D eigenvalue weighted by Gasteiger charge is 2.18. The first kappa shape index (κ1) is 14.2. The van der Waals surface area contributed by atoms with E-state index in [2.05, 4.69) is 47.7 Å². The fourth-order valence-electron chi connectivity index (χ4n) is 2.01. The molecule has 1 rings (SSSR count). The summed E-state index contributed by atoms with van der Waals surface area (Å²) in [5, 5.41) is 0.533. The summed E-state index contributed by atoms with van der Waals surface area (Å²) in [6, 6.07) is 0.389. The zero-order chi connectivity index (χ0) is 13.0. The van der Waals surface area contributed by atoms with Gasteiger partial charge in [0.15, 0.2) is 0 Å². The van der Waals surface area contributed by atoms with E-state index in [9.17, 15) is 0 Å². The van der Waals surface area contributed by atoms with E-state index < -0.39 is 0 Å². The third-order valence-corrected chi connectivity index (χ3v) is 3.15. The molecule has 0 spiro atoms. The molecule has 1 aromatic rings. The van der Waals surface area contributed by atoms with Crippen LogP contribution < -0.4 is 4.90 Å². The number of hydrogen-bond acceptors (Lipinski definition) is 4. The molecule has 0 aliphatic heterocycles. The fraction of sp³-hybridized carbons (Fsp3) is 0.667. The minimum Gasteiger partial charge on any atom is -0.353 e. The van der Waals surface area contributed by atoms with Gasteiger partial charge < -0.3 is 9.80 Å². The van der Waals surface area contributed by atoms with Crippen molar-refractivity contribution in [1.82, 2.24) is 14.9 Å². The molecule has 0 saturated carbocycles. The van der Waals surface area contributed by atoms with Crippen molar-refractivity contribution in [1.29, 1.82) is 0 Å². The Labute approximate surface area is 109 Å². The smallest absolute Gasteiger partial charge is 0.137 e. The van der Waals surface area contributed by atoms with Gasteiger partial charge in [-0.15, -0.1) is 0 Å². The van der Waals surface area contributed by atoms with E-state index in [-0.39, 0.29) is 0 Å². The minimum absolute atomic E-state index is 0.389. The summed E-state index contributed by atoms with van der Waals surface area (Å²) in [6.07, 6.45) is 1.52. The summed E-state index contributed by atoms with van der Waals surface area (Å²) >= 11 is 6.04. The van der Waals surface area contributed by atoms with Gasteiger partial charge in [0, 0.05) is 24.7 Å². The van der Waals surface area contributed by atoms with Crippen LogP contribution in [0.1, 0.15) is 19.4 Å². The van der Waals surface area contributed by atoms with Gasteiger partial charge in [0.05, 0.1) is 0 Å². The summed E-state index contributed by atoms with van der Waals surface area (Å²) in [6.45, 7) is 8.17. The Hall–Kier alpha value is -0.870. The lowest BCUT2D eigenvalue weighted by molar-refractivity contribution is 0.372. The molecule has 0 aromatic carbocycles. The number of aromatic nitrogens is 2. The van der Waals surface area contributed by atoms with E-state index >= 15 is 0 Å². The lowest BCUT2D eigenvalue weighted by Crippen LogP contribution is -2.41. The molecule has 0 bridgehead atoms. The summed E-state index contributed by atoms with van der Waals surface area (Å²) in [5.41, 5.74) is 0.946. The second kappa shape index (κ2) is 6.17. The number of rotatable bonds is 5. The molecular formula is C12H21ClN4. The quantitative estimate of drug-likeness (QED) is 0.757. The normalized spacial score (nSPS) is 12.9. The van der Waals surface area contributed by atoms with E-state index in [4.69, 9.17) is 11.6 Å². The van der Waals surface area contributed by atoms with Crippen LogP contribution >= 0.6 is 11.6 Å². The van der Waals surface area contributed by atoms with Crippen LogP contribution in [0.15, 0.2) is 6.33 Å². The number of likely N-dealkylation sites (N-methyl/N-ethyl adjacent to an activating group) is 2. The number of halogens is 1. The van der Waals surface area contributed by atoms with Crippen molar-refractivity contribution in [3.05, 3.63) is 17.0 Å². The standard InChI is InChI=1S/C12H21ClN4/c1-6-17(9(2)7-16(4)5)12-10(3)11(13)14-8-15-12/h8-9H,6-7H2,1-5H3. The van der Waals surface area contributed by atoms with Gasteiger partial charge in [-0.25, -0.2) is 9.97 Å². The maximum absolute atomic E-state index is 6.04. The van der Waals surface area contributed by atoms with Gasteiger partial charge in [0.2, 0.25) is 0 Å². The third-order valence-electron chi connectivity index (χ3n) is 2.77. The van der Waals surface area contributed by atoms with Crippen LogP contribution in [0, 0.1) is 6.92 Å². The summed E-state index contributed by atoms with van der Waals surface area (Å²) in [5.74, 6) is 0.932. The molecule has 17 heavy (non-hydrogen) atoms. The topological polar surface area (TPSA) is 32.3 Å². The first-order chi connectivity index (χ1) is 7.97. The summed E-state index contributed by atoms with van der Waals surface area (Å²) < 4.78 is 0. The largest absolute Gasteiger partial charge is 0.353 e. The molecule has 0 aliphatic carbocycles. The van der Waals surface area contributed by atoms with Crippen molar-refractivity contribution in [3.63, 3.8) is 0 Å². The highest BCUT2D eigenvalue weighted by molar-refractivity contribution is 6.30. The predicted octanol–water partition coefficient (Wildman–Crippen LogP) is 2.21. The Kier molecular flexibility index (Phi) is 5.15. The Morgan fingerprint density at radius 2 is 2.00 bits per heavy atom. The van der Waals surface area contributed by atoms with Crippen molar-refractivity contribution in [2.24, 2.45) is 0 Å². The maximum atomic E-state index is 6.04. The molecule has 0 amide bonds. The molecule has 1 heterocycles. The Balaban J connectivity index is 2.97. The highest BCUT2D eigenvalue weighted by Crippen LogP contribution is 2.23. The second-order valence-electron chi connectivity index (χ2n) is 4.51. The molecule has 4 nitrogen and oxygen atoms in total. The van der Waals surface area contributed by atoms with Gasteiger partial charge in [0.25, 0.3) is 0 Å². The Bertz CT molecular complexity index is 368. The third kappa shape index (κ3) is 3.54. The molecule has 1 unspecified atom stereocenters. The molecule has 0 saturated heterocycles. The van der Waals surface area contributed by atoms with E-state index in [0.29, 0.717) is 11.2 Å². The van der Waals surface area contributed by atoms with Crippen LogP contribution in [0.2, 0.25) is 5.15 Å². The molecule has 0 N–H and O–H groups in total. The molecule has 1 atom stereocenters. The SMILES string of the molecule is CCN(c1ncnc(Cl)c1C)C(C)CN(C)C. The predicted molar refractivity (Wildman–Crippen MR) is 72.8 cm³/mol. The van der Waals surface area contributed by atoms with Crippen molar-refractivity contribution < 1.29 is 0 Å². The van der Waals surface area contributed by atoms with Gasteiger partial charge in [-0.1, -0.05) is 11.6 Å². The van der Waals surface area contributed by atoms with Crippen LogP contribution in [0.4, 0.5) is 5.82 Å². The second-order valence-corrected chi connectivity index (χ2v) is 4.87. The van der Waals surface area contributed by atoms with Crippen LogP contribution in [0.3, 0.4) is 0 Å². The van der Waals surface area contributed by atoms with Crippen LogP contribution in [0.25, 0.3) is 0 Å². The number of nitrogens with zero attached hydrogens (tertiary/aromatic N) is 4. The van der Waals surface area contributed by atoms with Crippen molar-refractivity contribution in [2.75, 3.05) is 32.1 Å².